The molecule has 1 unspecified atom stereocenters. The van der Waals surface area contributed by atoms with Crippen LogP contribution in [-0.4, -0.2) is 12.6 Å². The Hall–Kier alpha value is -1.35. The molecule has 1 atom stereocenters. The maximum Gasteiger partial charge on any atom is 0.165 e. The van der Waals surface area contributed by atoms with Crippen LogP contribution < -0.4 is 10.5 Å². The number of halogens is 1. The maximum atomic E-state index is 13.6. The first-order valence-corrected chi connectivity index (χ1v) is 5.80. The molecule has 0 aliphatic carbocycles. The van der Waals surface area contributed by atoms with Crippen LogP contribution >= 0.6 is 0 Å². The molecule has 1 aromatic carbocycles. The van der Waals surface area contributed by atoms with Gasteiger partial charge in [-0.3, -0.25) is 0 Å². The fourth-order valence-corrected chi connectivity index (χ4v) is 1.51. The SMILES string of the molecule is CC(C)=CCOc1c(F)cccc1CC(C)N. The molecule has 0 aliphatic heterocycles. The molecular weight excluding hydrogens is 217 g/mol. The minimum Gasteiger partial charge on any atom is -0.486 e. The van der Waals surface area contributed by atoms with Crippen LogP contribution in [0.4, 0.5) is 4.39 Å². The van der Waals surface area contributed by atoms with Crippen LogP contribution in [0.3, 0.4) is 0 Å². The molecule has 0 fully saturated rings. The van der Waals surface area contributed by atoms with Crippen molar-refractivity contribution in [3.05, 3.63) is 41.2 Å². The highest BCUT2D eigenvalue weighted by molar-refractivity contribution is 5.35. The molecule has 3 heteroatoms. The Labute approximate surface area is 102 Å². The fraction of sp³-hybridized carbons (Fsp3) is 0.429. The van der Waals surface area contributed by atoms with Crippen LogP contribution in [0, 0.1) is 5.82 Å². The van der Waals surface area contributed by atoms with Gasteiger partial charge in [0.15, 0.2) is 11.6 Å². The smallest absolute Gasteiger partial charge is 0.165 e. The van der Waals surface area contributed by atoms with E-state index in [-0.39, 0.29) is 11.9 Å². The summed E-state index contributed by atoms with van der Waals surface area (Å²) in [6, 6.07) is 4.93. The lowest BCUT2D eigenvalue weighted by Crippen LogP contribution is -2.18. The molecule has 0 saturated carbocycles. The van der Waals surface area contributed by atoms with E-state index < -0.39 is 0 Å². The van der Waals surface area contributed by atoms with Crippen molar-refractivity contribution >= 4 is 0 Å². The third-order valence-corrected chi connectivity index (χ3v) is 2.31. The van der Waals surface area contributed by atoms with E-state index in [0.717, 1.165) is 11.1 Å². The zero-order chi connectivity index (χ0) is 12.8. The lowest BCUT2D eigenvalue weighted by molar-refractivity contribution is 0.336. The van der Waals surface area contributed by atoms with Gasteiger partial charge in [0, 0.05) is 6.04 Å². The average molecular weight is 237 g/mol. The number of para-hydroxylation sites is 1. The predicted molar refractivity (Wildman–Crippen MR) is 68.7 cm³/mol. The van der Waals surface area contributed by atoms with E-state index in [1.807, 2.05) is 32.9 Å². The fourth-order valence-electron chi connectivity index (χ4n) is 1.51. The van der Waals surface area contributed by atoms with E-state index in [1.54, 1.807) is 6.07 Å². The summed E-state index contributed by atoms with van der Waals surface area (Å²) >= 11 is 0. The Bertz CT molecular complexity index is 395. The summed E-state index contributed by atoms with van der Waals surface area (Å²) in [5.41, 5.74) is 7.70. The van der Waals surface area contributed by atoms with Crippen molar-refractivity contribution in [1.82, 2.24) is 0 Å². The van der Waals surface area contributed by atoms with E-state index in [9.17, 15) is 4.39 Å². The molecule has 17 heavy (non-hydrogen) atoms. The molecule has 0 aromatic heterocycles. The Morgan fingerprint density at radius 1 is 1.47 bits per heavy atom. The molecule has 1 aromatic rings. The molecule has 94 valence electrons. The Balaban J connectivity index is 2.84. The lowest BCUT2D eigenvalue weighted by atomic mass is 10.1. The van der Waals surface area contributed by atoms with Gasteiger partial charge in [-0.25, -0.2) is 4.39 Å². The van der Waals surface area contributed by atoms with E-state index in [2.05, 4.69) is 0 Å². The highest BCUT2D eigenvalue weighted by Gasteiger charge is 2.10. The largest absolute Gasteiger partial charge is 0.486 e. The van der Waals surface area contributed by atoms with Crippen molar-refractivity contribution in [2.24, 2.45) is 5.73 Å². The van der Waals surface area contributed by atoms with Gasteiger partial charge in [-0.05, 0) is 44.9 Å². The van der Waals surface area contributed by atoms with Crippen molar-refractivity contribution < 1.29 is 9.13 Å². The quantitative estimate of drug-likeness (QED) is 0.799. The summed E-state index contributed by atoms with van der Waals surface area (Å²) in [5.74, 6) is -0.00685. The highest BCUT2D eigenvalue weighted by atomic mass is 19.1. The molecule has 0 saturated heterocycles. The normalized spacial score (nSPS) is 12.1. The minimum absolute atomic E-state index is 0.0115. The molecule has 0 spiro atoms. The molecule has 0 bridgehead atoms. The molecule has 0 amide bonds. The topological polar surface area (TPSA) is 35.2 Å². The van der Waals surface area contributed by atoms with Gasteiger partial charge in [-0.1, -0.05) is 17.7 Å². The van der Waals surface area contributed by atoms with Gasteiger partial charge in [-0.2, -0.15) is 0 Å². The van der Waals surface area contributed by atoms with Gasteiger partial charge < -0.3 is 10.5 Å². The van der Waals surface area contributed by atoms with Crippen molar-refractivity contribution in [3.63, 3.8) is 0 Å². The lowest BCUT2D eigenvalue weighted by Gasteiger charge is -2.12. The minimum atomic E-state index is -0.328. The van der Waals surface area contributed by atoms with Crippen molar-refractivity contribution in [3.8, 4) is 5.75 Å². The molecule has 2 nitrogen and oxygen atoms in total. The third kappa shape index (κ3) is 4.57. The van der Waals surface area contributed by atoms with Gasteiger partial charge in [0.2, 0.25) is 0 Å². The van der Waals surface area contributed by atoms with Crippen molar-refractivity contribution in [1.29, 1.82) is 0 Å². The summed E-state index contributed by atoms with van der Waals surface area (Å²) < 4.78 is 19.1. The Kier molecular flexibility index (Phi) is 5.16. The van der Waals surface area contributed by atoms with Crippen LogP contribution in [0.1, 0.15) is 26.3 Å². The summed E-state index contributed by atoms with van der Waals surface area (Å²) in [5, 5.41) is 0. The summed E-state index contributed by atoms with van der Waals surface area (Å²) in [7, 11) is 0. The summed E-state index contributed by atoms with van der Waals surface area (Å²) in [4.78, 5) is 0. The van der Waals surface area contributed by atoms with Gasteiger partial charge in [0.25, 0.3) is 0 Å². The zero-order valence-corrected chi connectivity index (χ0v) is 10.7. The molecule has 0 aliphatic rings. The highest BCUT2D eigenvalue weighted by Crippen LogP contribution is 2.23. The van der Waals surface area contributed by atoms with E-state index in [1.165, 1.54) is 6.07 Å². The van der Waals surface area contributed by atoms with Crippen LogP contribution in [0.5, 0.6) is 5.75 Å². The molecule has 0 radical (unpaired) electrons. The molecule has 0 heterocycles. The molecule has 1 rings (SSSR count). The van der Waals surface area contributed by atoms with Crippen LogP contribution in [-0.2, 0) is 6.42 Å². The number of hydrogen-bond donors (Lipinski definition) is 1. The van der Waals surface area contributed by atoms with Crippen LogP contribution in [0.15, 0.2) is 29.8 Å². The second-order valence-electron chi connectivity index (χ2n) is 4.50. The first kappa shape index (κ1) is 13.7. The summed E-state index contributed by atoms with van der Waals surface area (Å²) in [6.45, 7) is 6.24. The maximum absolute atomic E-state index is 13.6. The van der Waals surface area contributed by atoms with Crippen molar-refractivity contribution in [2.45, 2.75) is 33.2 Å². The third-order valence-electron chi connectivity index (χ3n) is 2.31. The second-order valence-corrected chi connectivity index (χ2v) is 4.50. The molecule has 2 N–H and O–H groups in total. The molecular formula is C14H20FNO. The van der Waals surface area contributed by atoms with E-state index in [4.69, 9.17) is 10.5 Å². The first-order valence-electron chi connectivity index (χ1n) is 5.80. The Morgan fingerprint density at radius 3 is 2.76 bits per heavy atom. The number of rotatable bonds is 5. The van der Waals surface area contributed by atoms with Gasteiger partial charge >= 0.3 is 0 Å². The number of hydrogen-bond acceptors (Lipinski definition) is 2. The first-order chi connectivity index (χ1) is 8.00. The Morgan fingerprint density at radius 2 is 2.18 bits per heavy atom. The van der Waals surface area contributed by atoms with Gasteiger partial charge in [0.05, 0.1) is 0 Å². The van der Waals surface area contributed by atoms with Gasteiger partial charge in [-0.15, -0.1) is 0 Å². The van der Waals surface area contributed by atoms with E-state index in [0.29, 0.717) is 18.8 Å². The summed E-state index contributed by atoms with van der Waals surface area (Å²) in [6.07, 6.45) is 2.53. The van der Waals surface area contributed by atoms with Crippen LogP contribution in [0.25, 0.3) is 0 Å². The monoisotopic (exact) mass is 237 g/mol. The number of allylic oxidation sites excluding steroid dienone is 1. The van der Waals surface area contributed by atoms with Crippen LogP contribution in [0.2, 0.25) is 0 Å². The zero-order valence-electron chi connectivity index (χ0n) is 10.7. The van der Waals surface area contributed by atoms with Gasteiger partial charge in [0.1, 0.15) is 6.61 Å². The average Bonchev–Trinajstić information content (AvgIpc) is 2.21. The number of benzene rings is 1. The standard InChI is InChI=1S/C14H20FNO/c1-10(2)7-8-17-14-12(9-11(3)16)5-4-6-13(14)15/h4-7,11H,8-9,16H2,1-3H3. The van der Waals surface area contributed by atoms with Crippen molar-refractivity contribution in [2.75, 3.05) is 6.61 Å². The predicted octanol–water partition coefficient (Wildman–Crippen LogP) is 3.06. The number of nitrogens with two attached hydrogens (primary N) is 1. The second kappa shape index (κ2) is 6.40. The number of ether oxygens (including phenoxy) is 1. The van der Waals surface area contributed by atoms with E-state index >= 15 is 0 Å².